The van der Waals surface area contributed by atoms with Crippen LogP contribution in [0.2, 0.25) is 5.02 Å². The van der Waals surface area contributed by atoms with E-state index in [4.69, 9.17) is 25.8 Å². The highest BCUT2D eigenvalue weighted by Crippen LogP contribution is 2.42. The molecule has 0 spiro atoms. The Morgan fingerprint density at radius 3 is 2.35 bits per heavy atom. The summed E-state index contributed by atoms with van der Waals surface area (Å²) < 4.78 is 15.8. The third-order valence-corrected chi connectivity index (χ3v) is 4.16. The number of hydrogen-bond acceptors (Lipinski definition) is 5. The van der Waals surface area contributed by atoms with Gasteiger partial charge >= 0.3 is 0 Å². The normalized spacial score (nSPS) is 11.0. The van der Waals surface area contributed by atoms with Crippen molar-refractivity contribution >= 4 is 23.5 Å². The van der Waals surface area contributed by atoms with Gasteiger partial charge in [-0.1, -0.05) is 29.8 Å². The van der Waals surface area contributed by atoms with Crippen molar-refractivity contribution in [2.75, 3.05) is 21.0 Å². The van der Waals surface area contributed by atoms with Crippen LogP contribution < -0.4 is 9.47 Å². The molecule has 26 heavy (non-hydrogen) atoms. The number of phenols is 1. The van der Waals surface area contributed by atoms with Gasteiger partial charge in [0.15, 0.2) is 12.6 Å². The Morgan fingerprint density at radius 1 is 1.12 bits per heavy atom. The van der Waals surface area contributed by atoms with Gasteiger partial charge in [-0.2, -0.15) is 0 Å². The van der Waals surface area contributed by atoms with Crippen LogP contribution in [0.25, 0.3) is 6.08 Å². The summed E-state index contributed by atoms with van der Waals surface area (Å²) >= 11 is 5.86. The highest BCUT2D eigenvalue weighted by Gasteiger charge is 2.24. The summed E-state index contributed by atoms with van der Waals surface area (Å²) in [6.07, 6.45) is 3.03. The molecule has 5 nitrogen and oxygen atoms in total. The van der Waals surface area contributed by atoms with Gasteiger partial charge in [-0.15, -0.1) is 0 Å². The molecule has 2 rings (SSSR count). The molecule has 2 aromatic rings. The molecule has 138 valence electrons. The molecule has 0 heterocycles. The summed E-state index contributed by atoms with van der Waals surface area (Å²) in [4.78, 5) is 12.7. The molecule has 2 aromatic carbocycles. The van der Waals surface area contributed by atoms with Crippen LogP contribution in [0.1, 0.15) is 27.0 Å². The quantitative estimate of drug-likeness (QED) is 0.436. The van der Waals surface area contributed by atoms with E-state index < -0.39 is 0 Å². The van der Waals surface area contributed by atoms with Gasteiger partial charge in [0.05, 0.1) is 7.11 Å². The molecular formula is C20H21ClO5. The van der Waals surface area contributed by atoms with Crippen molar-refractivity contribution in [1.82, 2.24) is 0 Å². The van der Waals surface area contributed by atoms with E-state index >= 15 is 0 Å². The van der Waals surface area contributed by atoms with Crippen LogP contribution in [0.5, 0.6) is 17.2 Å². The van der Waals surface area contributed by atoms with Gasteiger partial charge in [0.1, 0.15) is 22.8 Å². The second kappa shape index (κ2) is 8.74. The summed E-state index contributed by atoms with van der Waals surface area (Å²) in [5.74, 6) is 0.146. The molecule has 0 aliphatic carbocycles. The van der Waals surface area contributed by atoms with Crippen molar-refractivity contribution in [3.05, 3.63) is 57.6 Å². The van der Waals surface area contributed by atoms with Crippen molar-refractivity contribution in [3.8, 4) is 17.2 Å². The lowest BCUT2D eigenvalue weighted by Crippen LogP contribution is -2.08. The number of hydrogen-bond donors (Lipinski definition) is 1. The van der Waals surface area contributed by atoms with E-state index in [9.17, 15) is 9.90 Å². The van der Waals surface area contributed by atoms with Crippen LogP contribution in [-0.2, 0) is 4.74 Å². The fourth-order valence-corrected chi connectivity index (χ4v) is 2.75. The number of carbonyl (C=O) groups is 1. The van der Waals surface area contributed by atoms with Crippen molar-refractivity contribution in [2.45, 2.75) is 13.8 Å². The Labute approximate surface area is 157 Å². The zero-order valence-electron chi connectivity index (χ0n) is 15.1. The van der Waals surface area contributed by atoms with Crippen molar-refractivity contribution in [2.24, 2.45) is 0 Å². The first kappa shape index (κ1) is 19.8. The number of allylic oxidation sites excluding steroid dienone is 1. The van der Waals surface area contributed by atoms with Gasteiger partial charge in [-0.3, -0.25) is 4.79 Å². The molecule has 0 aliphatic rings. The number of halogens is 1. The summed E-state index contributed by atoms with van der Waals surface area (Å²) in [6, 6.07) is 7.06. The number of carbonyl (C=O) groups excluding carboxylic acids is 1. The van der Waals surface area contributed by atoms with E-state index in [0.29, 0.717) is 21.9 Å². The highest BCUT2D eigenvalue weighted by atomic mass is 35.5. The topological polar surface area (TPSA) is 65.0 Å². The van der Waals surface area contributed by atoms with Gasteiger partial charge in [0.2, 0.25) is 0 Å². The summed E-state index contributed by atoms with van der Waals surface area (Å²) in [5, 5.41) is 11.2. The van der Waals surface area contributed by atoms with Crippen LogP contribution >= 0.6 is 11.6 Å². The lowest BCUT2D eigenvalue weighted by atomic mass is 9.98. The summed E-state index contributed by atoms with van der Waals surface area (Å²) in [7, 11) is 2.94. The maximum atomic E-state index is 12.7. The van der Waals surface area contributed by atoms with E-state index in [1.807, 2.05) is 0 Å². The molecule has 0 saturated carbocycles. The molecule has 0 fully saturated rings. The van der Waals surface area contributed by atoms with Crippen molar-refractivity contribution < 1.29 is 24.1 Å². The second-order valence-corrected chi connectivity index (χ2v) is 6.07. The van der Waals surface area contributed by atoms with Crippen LogP contribution in [0.3, 0.4) is 0 Å². The van der Waals surface area contributed by atoms with E-state index in [0.717, 1.165) is 5.56 Å². The number of phenolic OH excluding ortho intramolecular Hbond substituents is 1. The van der Waals surface area contributed by atoms with Crippen molar-refractivity contribution in [1.29, 1.82) is 0 Å². The Balaban J connectivity index is 2.44. The molecular weight excluding hydrogens is 356 g/mol. The zero-order valence-corrected chi connectivity index (χ0v) is 15.9. The smallest absolute Gasteiger partial charge is 0.193 e. The Hall–Kier alpha value is -2.50. The summed E-state index contributed by atoms with van der Waals surface area (Å²) in [5.41, 5.74) is 1.97. The number of aromatic hydroxyl groups is 1. The molecule has 0 unspecified atom stereocenters. The van der Waals surface area contributed by atoms with E-state index in [1.54, 1.807) is 44.2 Å². The van der Waals surface area contributed by atoms with Crippen LogP contribution in [0.15, 0.2) is 30.3 Å². The number of benzene rings is 2. The Morgan fingerprint density at radius 2 is 1.77 bits per heavy atom. The second-order valence-electron chi connectivity index (χ2n) is 5.64. The molecule has 0 atom stereocenters. The van der Waals surface area contributed by atoms with Crippen LogP contribution in [0, 0.1) is 13.8 Å². The number of methoxy groups -OCH3 is 2. The van der Waals surface area contributed by atoms with Gasteiger partial charge < -0.3 is 19.3 Å². The number of ether oxygens (including phenoxy) is 3. The minimum Gasteiger partial charge on any atom is -0.507 e. The fourth-order valence-electron chi connectivity index (χ4n) is 2.62. The molecule has 0 amide bonds. The average molecular weight is 377 g/mol. The standard InChI is InChI=1S/C20H21ClO5/c1-12-18(23)17(20(25-4)13(2)19(12)26-11-24-3)16(22)10-7-14-5-8-15(21)9-6-14/h5-10,23H,11H2,1-4H3/b10-7+. The molecule has 0 aromatic heterocycles. The van der Waals surface area contributed by atoms with Gasteiger partial charge in [-0.05, 0) is 37.6 Å². The third-order valence-electron chi connectivity index (χ3n) is 3.91. The maximum Gasteiger partial charge on any atom is 0.193 e. The maximum absolute atomic E-state index is 12.7. The molecule has 1 N–H and O–H groups in total. The largest absolute Gasteiger partial charge is 0.507 e. The lowest BCUT2D eigenvalue weighted by molar-refractivity contribution is 0.0497. The first-order chi connectivity index (χ1) is 12.4. The number of rotatable bonds is 7. The van der Waals surface area contributed by atoms with Crippen LogP contribution in [0.4, 0.5) is 0 Å². The SMILES string of the molecule is COCOc1c(C)c(O)c(C(=O)/C=C/c2ccc(Cl)cc2)c(OC)c1C. The zero-order chi connectivity index (χ0) is 19.3. The molecule has 0 radical (unpaired) electrons. The van der Waals surface area contributed by atoms with Crippen LogP contribution in [-0.4, -0.2) is 31.9 Å². The van der Waals surface area contributed by atoms with E-state index in [2.05, 4.69) is 0 Å². The monoisotopic (exact) mass is 376 g/mol. The van der Waals surface area contributed by atoms with Gasteiger partial charge in [0.25, 0.3) is 0 Å². The Bertz CT molecular complexity index is 825. The Kier molecular flexibility index (Phi) is 6.66. The first-order valence-electron chi connectivity index (χ1n) is 7.90. The van der Waals surface area contributed by atoms with E-state index in [-0.39, 0.29) is 29.6 Å². The van der Waals surface area contributed by atoms with Gasteiger partial charge in [0, 0.05) is 23.3 Å². The number of ketones is 1. The fraction of sp³-hybridized carbons (Fsp3) is 0.250. The van der Waals surface area contributed by atoms with Gasteiger partial charge in [-0.25, -0.2) is 0 Å². The highest BCUT2D eigenvalue weighted by molar-refractivity contribution is 6.30. The average Bonchev–Trinajstić information content (AvgIpc) is 2.63. The molecule has 0 aliphatic heterocycles. The third kappa shape index (κ3) is 4.18. The lowest BCUT2D eigenvalue weighted by Gasteiger charge is -2.18. The van der Waals surface area contributed by atoms with E-state index in [1.165, 1.54) is 20.3 Å². The predicted molar refractivity (Wildman–Crippen MR) is 101 cm³/mol. The summed E-state index contributed by atoms with van der Waals surface area (Å²) in [6.45, 7) is 3.45. The predicted octanol–water partition coefficient (Wildman–Crippen LogP) is 4.55. The minimum atomic E-state index is -0.376. The minimum absolute atomic E-state index is 0.0219. The molecule has 0 bridgehead atoms. The molecule has 6 heteroatoms. The first-order valence-corrected chi connectivity index (χ1v) is 8.28. The molecule has 0 saturated heterocycles. The van der Waals surface area contributed by atoms with Crippen molar-refractivity contribution in [3.63, 3.8) is 0 Å².